The lowest BCUT2D eigenvalue weighted by Gasteiger charge is -2.36. The monoisotopic (exact) mass is 419 g/mol. The van der Waals surface area contributed by atoms with Crippen molar-refractivity contribution in [3.05, 3.63) is 65.2 Å². The Labute approximate surface area is 173 Å². The Morgan fingerprint density at radius 1 is 1.00 bits per heavy atom. The molecule has 0 atom stereocenters. The van der Waals surface area contributed by atoms with E-state index in [0.717, 1.165) is 17.7 Å². The summed E-state index contributed by atoms with van der Waals surface area (Å²) < 4.78 is 38.7. The third-order valence-corrected chi connectivity index (χ3v) is 5.19. The number of piperazine rings is 1. The van der Waals surface area contributed by atoms with Crippen LogP contribution in [-0.4, -0.2) is 49.4 Å². The van der Waals surface area contributed by atoms with Crippen molar-refractivity contribution in [2.45, 2.75) is 19.5 Å². The van der Waals surface area contributed by atoms with E-state index in [9.17, 15) is 22.8 Å². The Kier molecular flexibility index (Phi) is 6.64. The van der Waals surface area contributed by atoms with E-state index in [1.165, 1.54) is 6.07 Å². The molecule has 2 aromatic rings. The smallest absolute Gasteiger partial charge is 0.368 e. The van der Waals surface area contributed by atoms with Gasteiger partial charge in [0.1, 0.15) is 0 Å². The molecule has 1 heterocycles. The highest BCUT2D eigenvalue weighted by molar-refractivity contribution is 5.95. The van der Waals surface area contributed by atoms with E-state index in [2.05, 4.69) is 5.32 Å². The Bertz CT molecular complexity index is 906. The molecule has 0 radical (unpaired) electrons. The standard InChI is InChI=1S/C22H24F3N3O2/c1-16-5-2-3-8-19(16)21(30)26-10-9-20(29)28-13-11-27(12-14-28)18-7-4-6-17(15-18)22(23,24)25/h2-8,15H,9-14H2,1H3,(H,26,30). The first-order valence-corrected chi connectivity index (χ1v) is 9.79. The predicted octanol–water partition coefficient (Wildman–Crippen LogP) is 3.48. The number of nitrogens with one attached hydrogen (secondary N) is 1. The molecule has 1 aliphatic rings. The van der Waals surface area contributed by atoms with Crippen LogP contribution in [0.15, 0.2) is 48.5 Å². The van der Waals surface area contributed by atoms with Crippen molar-refractivity contribution in [3.8, 4) is 0 Å². The van der Waals surface area contributed by atoms with Crippen LogP contribution in [0.4, 0.5) is 18.9 Å². The number of carbonyl (C=O) groups excluding carboxylic acids is 2. The van der Waals surface area contributed by atoms with Gasteiger partial charge in [0.2, 0.25) is 5.91 Å². The van der Waals surface area contributed by atoms with E-state index in [0.29, 0.717) is 37.4 Å². The van der Waals surface area contributed by atoms with Gasteiger partial charge >= 0.3 is 6.18 Å². The minimum absolute atomic E-state index is 0.0798. The molecule has 0 bridgehead atoms. The summed E-state index contributed by atoms with van der Waals surface area (Å²) >= 11 is 0. The summed E-state index contributed by atoms with van der Waals surface area (Å²) in [5.74, 6) is -0.293. The number of alkyl halides is 3. The van der Waals surface area contributed by atoms with Gasteiger partial charge in [-0.05, 0) is 36.8 Å². The van der Waals surface area contributed by atoms with Crippen molar-refractivity contribution in [3.63, 3.8) is 0 Å². The third kappa shape index (κ3) is 5.31. The van der Waals surface area contributed by atoms with Gasteiger partial charge in [-0.25, -0.2) is 0 Å². The summed E-state index contributed by atoms with van der Waals surface area (Å²) in [5.41, 5.74) is 1.28. The zero-order chi connectivity index (χ0) is 21.7. The molecule has 160 valence electrons. The number of hydrogen-bond donors (Lipinski definition) is 1. The van der Waals surface area contributed by atoms with Crippen LogP contribution in [0.5, 0.6) is 0 Å². The molecule has 3 rings (SSSR count). The number of nitrogens with zero attached hydrogens (tertiary/aromatic N) is 2. The second kappa shape index (κ2) is 9.19. The van der Waals surface area contributed by atoms with Crippen LogP contribution in [0.25, 0.3) is 0 Å². The molecule has 5 nitrogen and oxygen atoms in total. The van der Waals surface area contributed by atoms with E-state index in [1.54, 1.807) is 23.1 Å². The van der Waals surface area contributed by atoms with Gasteiger partial charge < -0.3 is 15.1 Å². The summed E-state index contributed by atoms with van der Waals surface area (Å²) in [4.78, 5) is 28.1. The fourth-order valence-electron chi connectivity index (χ4n) is 3.46. The lowest BCUT2D eigenvalue weighted by Crippen LogP contribution is -2.49. The Balaban J connectivity index is 1.46. The summed E-state index contributed by atoms with van der Waals surface area (Å²) in [6.07, 6.45) is -4.20. The molecule has 1 N–H and O–H groups in total. The average Bonchev–Trinajstić information content (AvgIpc) is 2.73. The first-order valence-electron chi connectivity index (χ1n) is 9.79. The molecule has 1 aliphatic heterocycles. The summed E-state index contributed by atoms with van der Waals surface area (Å²) in [7, 11) is 0. The summed E-state index contributed by atoms with van der Waals surface area (Å²) in [5, 5.41) is 2.76. The van der Waals surface area contributed by atoms with Gasteiger partial charge in [-0.3, -0.25) is 9.59 Å². The quantitative estimate of drug-likeness (QED) is 0.808. The van der Waals surface area contributed by atoms with Crippen molar-refractivity contribution < 1.29 is 22.8 Å². The zero-order valence-corrected chi connectivity index (χ0v) is 16.7. The Hall–Kier alpha value is -3.03. The first-order chi connectivity index (χ1) is 14.3. The van der Waals surface area contributed by atoms with Crippen LogP contribution < -0.4 is 10.2 Å². The lowest BCUT2D eigenvalue weighted by molar-refractivity contribution is -0.137. The van der Waals surface area contributed by atoms with Gasteiger partial charge in [0.05, 0.1) is 5.56 Å². The van der Waals surface area contributed by atoms with Crippen molar-refractivity contribution in [2.75, 3.05) is 37.6 Å². The fraction of sp³-hybridized carbons (Fsp3) is 0.364. The van der Waals surface area contributed by atoms with Gasteiger partial charge in [0.25, 0.3) is 5.91 Å². The van der Waals surface area contributed by atoms with Crippen molar-refractivity contribution in [2.24, 2.45) is 0 Å². The number of aryl methyl sites for hydroxylation is 1. The predicted molar refractivity (Wildman–Crippen MR) is 108 cm³/mol. The molecule has 2 amide bonds. The molecule has 1 fully saturated rings. The van der Waals surface area contributed by atoms with Crippen LogP contribution in [0.3, 0.4) is 0 Å². The minimum atomic E-state index is -4.38. The maximum Gasteiger partial charge on any atom is 0.416 e. The second-order valence-electron chi connectivity index (χ2n) is 7.24. The van der Waals surface area contributed by atoms with Crippen LogP contribution in [0.1, 0.15) is 27.9 Å². The van der Waals surface area contributed by atoms with Gasteiger partial charge in [-0.15, -0.1) is 0 Å². The van der Waals surface area contributed by atoms with E-state index in [1.807, 2.05) is 24.0 Å². The maximum absolute atomic E-state index is 12.9. The van der Waals surface area contributed by atoms with Gasteiger partial charge in [-0.1, -0.05) is 24.3 Å². The van der Waals surface area contributed by atoms with Crippen LogP contribution >= 0.6 is 0 Å². The van der Waals surface area contributed by atoms with Crippen LogP contribution in [0.2, 0.25) is 0 Å². The molecule has 2 aromatic carbocycles. The van der Waals surface area contributed by atoms with Gasteiger partial charge in [0, 0.05) is 50.4 Å². The molecule has 1 saturated heterocycles. The lowest BCUT2D eigenvalue weighted by atomic mass is 10.1. The Morgan fingerprint density at radius 3 is 2.37 bits per heavy atom. The maximum atomic E-state index is 12.9. The molecule has 0 unspecified atom stereocenters. The largest absolute Gasteiger partial charge is 0.416 e. The molecule has 30 heavy (non-hydrogen) atoms. The van der Waals surface area contributed by atoms with E-state index in [4.69, 9.17) is 0 Å². The van der Waals surface area contributed by atoms with Crippen LogP contribution in [-0.2, 0) is 11.0 Å². The molecular formula is C22H24F3N3O2. The van der Waals surface area contributed by atoms with Crippen molar-refractivity contribution >= 4 is 17.5 Å². The normalized spacial score (nSPS) is 14.5. The van der Waals surface area contributed by atoms with Crippen LogP contribution in [0, 0.1) is 6.92 Å². The number of anilines is 1. The molecule has 8 heteroatoms. The number of carbonyl (C=O) groups is 2. The minimum Gasteiger partial charge on any atom is -0.368 e. The van der Waals surface area contributed by atoms with Gasteiger partial charge in [-0.2, -0.15) is 13.2 Å². The Morgan fingerprint density at radius 2 is 1.70 bits per heavy atom. The SMILES string of the molecule is Cc1ccccc1C(=O)NCCC(=O)N1CCN(c2cccc(C(F)(F)F)c2)CC1. The van der Waals surface area contributed by atoms with E-state index >= 15 is 0 Å². The topological polar surface area (TPSA) is 52.7 Å². The fourth-order valence-corrected chi connectivity index (χ4v) is 3.46. The molecular weight excluding hydrogens is 395 g/mol. The number of halogens is 3. The number of amides is 2. The number of benzene rings is 2. The highest BCUT2D eigenvalue weighted by Gasteiger charge is 2.31. The van der Waals surface area contributed by atoms with Crippen molar-refractivity contribution in [1.29, 1.82) is 0 Å². The average molecular weight is 419 g/mol. The second-order valence-corrected chi connectivity index (χ2v) is 7.24. The highest BCUT2D eigenvalue weighted by Crippen LogP contribution is 2.31. The molecule has 0 spiro atoms. The third-order valence-electron chi connectivity index (χ3n) is 5.19. The molecule has 0 aliphatic carbocycles. The summed E-state index contributed by atoms with van der Waals surface area (Å²) in [6.45, 7) is 3.87. The first kappa shape index (κ1) is 21.7. The summed E-state index contributed by atoms with van der Waals surface area (Å²) in [6, 6.07) is 12.5. The van der Waals surface area contributed by atoms with E-state index < -0.39 is 11.7 Å². The molecule has 0 saturated carbocycles. The zero-order valence-electron chi connectivity index (χ0n) is 16.7. The molecule has 0 aromatic heterocycles. The number of hydrogen-bond acceptors (Lipinski definition) is 3. The number of rotatable bonds is 5. The van der Waals surface area contributed by atoms with Crippen molar-refractivity contribution in [1.82, 2.24) is 10.2 Å². The highest BCUT2D eigenvalue weighted by atomic mass is 19.4. The van der Waals surface area contributed by atoms with E-state index in [-0.39, 0.29) is 24.8 Å². The van der Waals surface area contributed by atoms with Gasteiger partial charge in [0.15, 0.2) is 0 Å².